The Morgan fingerprint density at radius 2 is 1.78 bits per heavy atom. The molecular formula is C13H10ClNO3. The Kier molecular flexibility index (Phi) is 3.79. The summed E-state index contributed by atoms with van der Waals surface area (Å²) >= 11 is 5.99. The predicted octanol–water partition coefficient (Wildman–Crippen LogP) is 3.83. The SMILES string of the molecule is O=[N+]([O-])c1ccc(OCc2ccccc2Cl)cc1. The second-order valence-corrected chi connectivity index (χ2v) is 4.04. The second-order valence-electron chi connectivity index (χ2n) is 3.63. The van der Waals surface area contributed by atoms with Crippen molar-refractivity contribution in [1.82, 2.24) is 0 Å². The van der Waals surface area contributed by atoms with Gasteiger partial charge in [0.15, 0.2) is 0 Å². The van der Waals surface area contributed by atoms with E-state index in [1.165, 1.54) is 12.1 Å². The van der Waals surface area contributed by atoms with Crippen molar-refractivity contribution in [3.05, 3.63) is 69.2 Å². The molecular weight excluding hydrogens is 254 g/mol. The van der Waals surface area contributed by atoms with Gasteiger partial charge in [-0.15, -0.1) is 0 Å². The first kappa shape index (κ1) is 12.4. The lowest BCUT2D eigenvalue weighted by Crippen LogP contribution is -1.96. The van der Waals surface area contributed by atoms with Crippen LogP contribution in [0.2, 0.25) is 5.02 Å². The molecule has 0 aliphatic rings. The van der Waals surface area contributed by atoms with E-state index in [4.69, 9.17) is 16.3 Å². The van der Waals surface area contributed by atoms with Crippen LogP contribution in [-0.4, -0.2) is 4.92 Å². The van der Waals surface area contributed by atoms with Crippen molar-refractivity contribution in [2.24, 2.45) is 0 Å². The van der Waals surface area contributed by atoms with Gasteiger partial charge in [0.25, 0.3) is 5.69 Å². The maximum absolute atomic E-state index is 10.5. The van der Waals surface area contributed by atoms with Gasteiger partial charge >= 0.3 is 0 Å². The molecule has 0 N–H and O–H groups in total. The Labute approximate surface area is 109 Å². The van der Waals surface area contributed by atoms with E-state index in [9.17, 15) is 10.1 Å². The zero-order valence-electron chi connectivity index (χ0n) is 9.38. The number of nitro benzene ring substituents is 1. The monoisotopic (exact) mass is 263 g/mol. The van der Waals surface area contributed by atoms with Crippen molar-refractivity contribution in [3.8, 4) is 5.75 Å². The molecule has 0 amide bonds. The van der Waals surface area contributed by atoms with Crippen molar-refractivity contribution >= 4 is 17.3 Å². The molecule has 92 valence electrons. The van der Waals surface area contributed by atoms with E-state index in [0.29, 0.717) is 17.4 Å². The van der Waals surface area contributed by atoms with Crippen LogP contribution in [0, 0.1) is 10.1 Å². The number of rotatable bonds is 4. The molecule has 5 heteroatoms. The van der Waals surface area contributed by atoms with Crippen molar-refractivity contribution in [2.45, 2.75) is 6.61 Å². The number of nitrogens with zero attached hydrogens (tertiary/aromatic N) is 1. The fourth-order valence-corrected chi connectivity index (χ4v) is 1.63. The summed E-state index contributed by atoms with van der Waals surface area (Å²) < 4.78 is 5.50. The van der Waals surface area contributed by atoms with E-state index >= 15 is 0 Å². The summed E-state index contributed by atoms with van der Waals surface area (Å²) in [6.07, 6.45) is 0. The smallest absolute Gasteiger partial charge is 0.269 e. The minimum absolute atomic E-state index is 0.0418. The Hall–Kier alpha value is -2.07. The molecule has 0 radical (unpaired) electrons. The average molecular weight is 264 g/mol. The van der Waals surface area contributed by atoms with E-state index < -0.39 is 4.92 Å². The molecule has 2 aromatic rings. The Morgan fingerprint density at radius 1 is 1.11 bits per heavy atom. The highest BCUT2D eigenvalue weighted by molar-refractivity contribution is 6.31. The molecule has 0 aromatic heterocycles. The summed E-state index contributed by atoms with van der Waals surface area (Å²) in [5.74, 6) is 0.570. The summed E-state index contributed by atoms with van der Waals surface area (Å²) in [7, 11) is 0. The van der Waals surface area contributed by atoms with E-state index in [-0.39, 0.29) is 5.69 Å². The van der Waals surface area contributed by atoms with E-state index in [1.54, 1.807) is 18.2 Å². The first-order valence-electron chi connectivity index (χ1n) is 5.27. The first-order chi connectivity index (χ1) is 8.66. The van der Waals surface area contributed by atoms with E-state index in [1.807, 2.05) is 18.2 Å². The van der Waals surface area contributed by atoms with Crippen LogP contribution in [0.25, 0.3) is 0 Å². The minimum atomic E-state index is -0.447. The summed E-state index contributed by atoms with van der Waals surface area (Å²) in [6, 6.07) is 13.3. The number of non-ortho nitro benzene ring substituents is 1. The molecule has 0 saturated heterocycles. The second kappa shape index (κ2) is 5.51. The van der Waals surface area contributed by atoms with Crippen LogP contribution in [0.5, 0.6) is 5.75 Å². The third-order valence-corrected chi connectivity index (χ3v) is 2.77. The average Bonchev–Trinajstić information content (AvgIpc) is 2.38. The van der Waals surface area contributed by atoms with Gasteiger partial charge in [0, 0.05) is 22.7 Å². The topological polar surface area (TPSA) is 52.4 Å². The molecule has 0 unspecified atom stereocenters. The van der Waals surface area contributed by atoms with Crippen LogP contribution < -0.4 is 4.74 Å². The highest BCUT2D eigenvalue weighted by Gasteiger charge is 2.05. The van der Waals surface area contributed by atoms with Gasteiger partial charge in [-0.25, -0.2) is 0 Å². The Bertz CT molecular complexity index is 554. The Balaban J connectivity index is 2.02. The third kappa shape index (κ3) is 2.99. The van der Waals surface area contributed by atoms with Gasteiger partial charge in [0.2, 0.25) is 0 Å². The molecule has 0 atom stereocenters. The van der Waals surface area contributed by atoms with Gasteiger partial charge in [0.05, 0.1) is 4.92 Å². The summed E-state index contributed by atoms with van der Waals surface area (Å²) in [6.45, 7) is 0.331. The van der Waals surface area contributed by atoms with Gasteiger partial charge in [-0.2, -0.15) is 0 Å². The number of ether oxygens (including phenoxy) is 1. The van der Waals surface area contributed by atoms with Crippen molar-refractivity contribution in [3.63, 3.8) is 0 Å². The molecule has 0 aliphatic carbocycles. The lowest BCUT2D eigenvalue weighted by molar-refractivity contribution is -0.384. The molecule has 4 nitrogen and oxygen atoms in total. The van der Waals surface area contributed by atoms with Crippen LogP contribution in [0.15, 0.2) is 48.5 Å². The highest BCUT2D eigenvalue weighted by Crippen LogP contribution is 2.20. The molecule has 0 aliphatic heterocycles. The number of benzene rings is 2. The normalized spacial score (nSPS) is 10.1. The predicted molar refractivity (Wildman–Crippen MR) is 68.9 cm³/mol. The fraction of sp³-hybridized carbons (Fsp3) is 0.0769. The summed E-state index contributed by atoms with van der Waals surface area (Å²) in [5.41, 5.74) is 0.914. The number of hydrogen-bond acceptors (Lipinski definition) is 3. The molecule has 0 saturated carbocycles. The van der Waals surface area contributed by atoms with Gasteiger partial charge in [-0.1, -0.05) is 29.8 Å². The van der Waals surface area contributed by atoms with Gasteiger partial charge in [-0.05, 0) is 18.2 Å². The molecule has 0 spiro atoms. The van der Waals surface area contributed by atoms with Crippen LogP contribution >= 0.6 is 11.6 Å². The standard InChI is InChI=1S/C13H10ClNO3/c14-13-4-2-1-3-10(13)9-18-12-7-5-11(6-8-12)15(16)17/h1-8H,9H2. The maximum Gasteiger partial charge on any atom is 0.269 e. The summed E-state index contributed by atoms with van der Waals surface area (Å²) in [4.78, 5) is 10.0. The van der Waals surface area contributed by atoms with Gasteiger partial charge in [-0.3, -0.25) is 10.1 Å². The lowest BCUT2D eigenvalue weighted by atomic mass is 10.2. The number of halogens is 1. The van der Waals surface area contributed by atoms with Crippen molar-refractivity contribution in [1.29, 1.82) is 0 Å². The molecule has 18 heavy (non-hydrogen) atoms. The van der Waals surface area contributed by atoms with Crippen molar-refractivity contribution in [2.75, 3.05) is 0 Å². The Morgan fingerprint density at radius 3 is 2.39 bits per heavy atom. The molecule has 2 rings (SSSR count). The lowest BCUT2D eigenvalue weighted by Gasteiger charge is -2.07. The summed E-state index contributed by atoms with van der Waals surface area (Å²) in [5, 5.41) is 11.1. The number of nitro groups is 1. The van der Waals surface area contributed by atoms with Crippen LogP contribution in [0.4, 0.5) is 5.69 Å². The molecule has 0 fully saturated rings. The van der Waals surface area contributed by atoms with Crippen LogP contribution in [0.1, 0.15) is 5.56 Å². The van der Waals surface area contributed by atoms with Crippen molar-refractivity contribution < 1.29 is 9.66 Å². The number of hydrogen-bond donors (Lipinski definition) is 0. The highest BCUT2D eigenvalue weighted by atomic mass is 35.5. The minimum Gasteiger partial charge on any atom is -0.489 e. The zero-order valence-corrected chi connectivity index (χ0v) is 10.1. The van der Waals surface area contributed by atoms with Gasteiger partial charge in [0.1, 0.15) is 12.4 Å². The van der Waals surface area contributed by atoms with Gasteiger partial charge < -0.3 is 4.74 Å². The first-order valence-corrected chi connectivity index (χ1v) is 5.65. The quantitative estimate of drug-likeness (QED) is 0.622. The zero-order chi connectivity index (χ0) is 13.0. The third-order valence-electron chi connectivity index (χ3n) is 2.40. The van der Waals surface area contributed by atoms with Crippen LogP contribution in [0.3, 0.4) is 0 Å². The fourth-order valence-electron chi connectivity index (χ4n) is 1.44. The molecule has 0 bridgehead atoms. The van der Waals surface area contributed by atoms with E-state index in [0.717, 1.165) is 5.56 Å². The maximum atomic E-state index is 10.5. The largest absolute Gasteiger partial charge is 0.489 e. The molecule has 2 aromatic carbocycles. The molecule has 0 heterocycles. The van der Waals surface area contributed by atoms with E-state index in [2.05, 4.69) is 0 Å². The van der Waals surface area contributed by atoms with Crippen LogP contribution in [-0.2, 0) is 6.61 Å².